The predicted molar refractivity (Wildman–Crippen MR) is 67.2 cm³/mol. The van der Waals surface area contributed by atoms with Crippen LogP contribution in [0.1, 0.15) is 39.0 Å². The number of hydrogen-bond acceptors (Lipinski definition) is 5. The molecule has 0 radical (unpaired) electrons. The van der Waals surface area contributed by atoms with Gasteiger partial charge in [0.15, 0.2) is 0 Å². The number of hydrogen-bond donors (Lipinski definition) is 0. The molecule has 0 N–H and O–H groups in total. The average molecular weight is 271 g/mol. The molecule has 0 aromatic rings. The van der Waals surface area contributed by atoms with Crippen LogP contribution in [0.3, 0.4) is 0 Å². The zero-order valence-electron chi connectivity index (χ0n) is 11.7. The molecule has 2 unspecified atom stereocenters. The predicted octanol–water partition coefficient (Wildman–Crippen LogP) is 0.882. The smallest absolute Gasteiger partial charge is 0.328 e. The topological polar surface area (TPSA) is 72.9 Å². The average Bonchev–Trinajstić information content (AvgIpc) is 2.79. The van der Waals surface area contributed by atoms with Gasteiger partial charge < -0.3 is 14.4 Å². The first-order valence-corrected chi connectivity index (χ1v) is 6.50. The van der Waals surface area contributed by atoms with Gasteiger partial charge in [0.25, 0.3) is 0 Å². The summed E-state index contributed by atoms with van der Waals surface area (Å²) >= 11 is 0. The van der Waals surface area contributed by atoms with Crippen LogP contribution in [0.2, 0.25) is 0 Å². The molecule has 0 aromatic heterocycles. The SMILES string of the molecule is CCCC(CC(=O)OC)N1C(=O)CCC1C(=O)OC. The lowest BCUT2D eigenvalue weighted by molar-refractivity contribution is -0.153. The molecule has 6 heteroatoms. The molecule has 1 aliphatic rings. The van der Waals surface area contributed by atoms with Crippen molar-refractivity contribution in [2.24, 2.45) is 0 Å². The Morgan fingerprint density at radius 2 is 2.05 bits per heavy atom. The fourth-order valence-corrected chi connectivity index (χ4v) is 2.48. The minimum absolute atomic E-state index is 0.0993. The quantitative estimate of drug-likeness (QED) is 0.671. The van der Waals surface area contributed by atoms with E-state index >= 15 is 0 Å². The first kappa shape index (κ1) is 15.5. The van der Waals surface area contributed by atoms with Crippen molar-refractivity contribution in [1.29, 1.82) is 0 Å². The Bertz CT molecular complexity index is 355. The molecular weight excluding hydrogens is 250 g/mol. The van der Waals surface area contributed by atoms with E-state index in [1.807, 2.05) is 6.92 Å². The Morgan fingerprint density at radius 3 is 2.58 bits per heavy atom. The Kier molecular flexibility index (Phi) is 5.79. The molecule has 0 saturated carbocycles. The first-order chi connectivity index (χ1) is 9.04. The van der Waals surface area contributed by atoms with Crippen molar-refractivity contribution in [3.8, 4) is 0 Å². The van der Waals surface area contributed by atoms with E-state index in [4.69, 9.17) is 4.74 Å². The Balaban J connectivity index is 2.86. The molecule has 0 aliphatic carbocycles. The zero-order chi connectivity index (χ0) is 14.4. The van der Waals surface area contributed by atoms with Gasteiger partial charge in [-0.2, -0.15) is 0 Å². The van der Waals surface area contributed by atoms with Gasteiger partial charge in [0, 0.05) is 12.5 Å². The van der Waals surface area contributed by atoms with Gasteiger partial charge in [0.2, 0.25) is 5.91 Å². The summed E-state index contributed by atoms with van der Waals surface area (Å²) in [4.78, 5) is 36.6. The van der Waals surface area contributed by atoms with E-state index in [0.29, 0.717) is 19.3 Å². The van der Waals surface area contributed by atoms with Crippen LogP contribution >= 0.6 is 0 Å². The third-order valence-electron chi connectivity index (χ3n) is 3.37. The fraction of sp³-hybridized carbons (Fsp3) is 0.769. The summed E-state index contributed by atoms with van der Waals surface area (Å²) in [6.45, 7) is 1.97. The zero-order valence-corrected chi connectivity index (χ0v) is 11.7. The van der Waals surface area contributed by atoms with Crippen LogP contribution < -0.4 is 0 Å². The summed E-state index contributed by atoms with van der Waals surface area (Å²) in [6.07, 6.45) is 2.37. The van der Waals surface area contributed by atoms with Gasteiger partial charge in [0.05, 0.1) is 20.6 Å². The highest BCUT2D eigenvalue weighted by Crippen LogP contribution is 2.26. The summed E-state index contributed by atoms with van der Waals surface area (Å²) in [7, 11) is 2.62. The maximum Gasteiger partial charge on any atom is 0.328 e. The van der Waals surface area contributed by atoms with E-state index in [2.05, 4.69) is 4.74 Å². The minimum atomic E-state index is -0.571. The molecule has 2 atom stereocenters. The summed E-state index contributed by atoms with van der Waals surface area (Å²) < 4.78 is 9.37. The van der Waals surface area contributed by atoms with Crippen LogP contribution in [0, 0.1) is 0 Å². The molecule has 0 aromatic carbocycles. The second-order valence-electron chi connectivity index (χ2n) is 4.60. The van der Waals surface area contributed by atoms with Crippen molar-refractivity contribution in [1.82, 2.24) is 4.90 Å². The van der Waals surface area contributed by atoms with Crippen molar-refractivity contribution in [2.75, 3.05) is 14.2 Å². The minimum Gasteiger partial charge on any atom is -0.469 e. The lowest BCUT2D eigenvalue weighted by Gasteiger charge is -2.31. The maximum atomic E-state index is 12.0. The number of methoxy groups -OCH3 is 2. The first-order valence-electron chi connectivity index (χ1n) is 6.50. The second-order valence-corrected chi connectivity index (χ2v) is 4.60. The summed E-state index contributed by atoms with van der Waals surface area (Å²) in [5.74, 6) is -0.892. The Labute approximate surface area is 113 Å². The monoisotopic (exact) mass is 271 g/mol. The molecule has 0 spiro atoms. The number of likely N-dealkylation sites (tertiary alicyclic amines) is 1. The summed E-state index contributed by atoms with van der Waals surface area (Å²) in [5, 5.41) is 0. The van der Waals surface area contributed by atoms with Gasteiger partial charge in [-0.3, -0.25) is 9.59 Å². The van der Waals surface area contributed by atoms with Gasteiger partial charge >= 0.3 is 11.9 Å². The van der Waals surface area contributed by atoms with Crippen LogP contribution in [-0.4, -0.2) is 49.0 Å². The highest BCUT2D eigenvalue weighted by Gasteiger charge is 2.41. The Morgan fingerprint density at radius 1 is 1.37 bits per heavy atom. The van der Waals surface area contributed by atoms with Crippen molar-refractivity contribution in [2.45, 2.75) is 51.1 Å². The van der Waals surface area contributed by atoms with E-state index in [1.165, 1.54) is 19.1 Å². The second kappa shape index (κ2) is 7.11. The normalized spacial score (nSPS) is 20.3. The van der Waals surface area contributed by atoms with E-state index in [-0.39, 0.29) is 24.3 Å². The van der Waals surface area contributed by atoms with Crippen LogP contribution in [0.15, 0.2) is 0 Å². The summed E-state index contributed by atoms with van der Waals surface area (Å²) in [6, 6.07) is -0.866. The lowest BCUT2D eigenvalue weighted by Crippen LogP contribution is -2.47. The third-order valence-corrected chi connectivity index (χ3v) is 3.37. The third kappa shape index (κ3) is 3.68. The van der Waals surface area contributed by atoms with Crippen LogP contribution in [-0.2, 0) is 23.9 Å². The number of amides is 1. The molecule has 1 saturated heterocycles. The number of carbonyl (C=O) groups excluding carboxylic acids is 3. The van der Waals surface area contributed by atoms with Crippen molar-refractivity contribution in [3.63, 3.8) is 0 Å². The molecule has 1 aliphatic heterocycles. The molecule has 108 valence electrons. The summed E-state index contributed by atoms with van der Waals surface area (Å²) in [5.41, 5.74) is 0. The number of esters is 2. The van der Waals surface area contributed by atoms with E-state index in [1.54, 1.807) is 0 Å². The molecule has 0 bridgehead atoms. The van der Waals surface area contributed by atoms with Crippen LogP contribution in [0.4, 0.5) is 0 Å². The molecule has 1 amide bonds. The van der Waals surface area contributed by atoms with Crippen molar-refractivity contribution in [3.05, 3.63) is 0 Å². The number of carbonyl (C=O) groups is 3. The van der Waals surface area contributed by atoms with E-state index < -0.39 is 12.0 Å². The largest absolute Gasteiger partial charge is 0.469 e. The van der Waals surface area contributed by atoms with Gasteiger partial charge in [-0.05, 0) is 12.8 Å². The molecule has 19 heavy (non-hydrogen) atoms. The van der Waals surface area contributed by atoms with Gasteiger partial charge in [0.1, 0.15) is 6.04 Å². The van der Waals surface area contributed by atoms with Gasteiger partial charge in [-0.25, -0.2) is 4.79 Å². The standard InChI is InChI=1S/C13H21NO5/c1-4-5-9(8-12(16)18-2)14-10(13(17)19-3)6-7-11(14)15/h9-10H,4-8H2,1-3H3. The molecule has 1 rings (SSSR count). The highest BCUT2D eigenvalue weighted by atomic mass is 16.5. The highest BCUT2D eigenvalue weighted by molar-refractivity contribution is 5.88. The molecule has 1 fully saturated rings. The Hall–Kier alpha value is -1.59. The molecular formula is C13H21NO5. The molecule has 1 heterocycles. The number of rotatable bonds is 6. The number of ether oxygens (including phenoxy) is 2. The van der Waals surface area contributed by atoms with Gasteiger partial charge in [-0.15, -0.1) is 0 Å². The molecule has 6 nitrogen and oxygen atoms in total. The maximum absolute atomic E-state index is 12.0. The fourth-order valence-electron chi connectivity index (χ4n) is 2.48. The van der Waals surface area contributed by atoms with Gasteiger partial charge in [-0.1, -0.05) is 13.3 Å². The van der Waals surface area contributed by atoms with E-state index in [9.17, 15) is 14.4 Å². The van der Waals surface area contributed by atoms with Crippen LogP contribution in [0.5, 0.6) is 0 Å². The number of nitrogens with zero attached hydrogens (tertiary/aromatic N) is 1. The van der Waals surface area contributed by atoms with Crippen molar-refractivity contribution < 1.29 is 23.9 Å². The van der Waals surface area contributed by atoms with Crippen LogP contribution in [0.25, 0.3) is 0 Å². The lowest BCUT2D eigenvalue weighted by atomic mass is 10.1. The van der Waals surface area contributed by atoms with E-state index in [0.717, 1.165) is 6.42 Å². The van der Waals surface area contributed by atoms with Crippen molar-refractivity contribution >= 4 is 17.8 Å².